The Morgan fingerprint density at radius 3 is 2.78 bits per heavy atom. The van der Waals surface area contributed by atoms with Gasteiger partial charge in [0.05, 0.1) is 18.6 Å². The monoisotopic (exact) mass is 319 g/mol. The highest BCUT2D eigenvalue weighted by molar-refractivity contribution is 5.77. The van der Waals surface area contributed by atoms with E-state index in [1.807, 2.05) is 31.2 Å². The molecule has 1 amide bonds. The van der Waals surface area contributed by atoms with Crippen LogP contribution in [0.5, 0.6) is 0 Å². The molecule has 126 valence electrons. The Hall–Kier alpha value is -1.88. The molecular weight excluding hydrogens is 294 g/mol. The van der Waals surface area contributed by atoms with Gasteiger partial charge >= 0.3 is 5.97 Å². The van der Waals surface area contributed by atoms with Gasteiger partial charge in [0.2, 0.25) is 5.91 Å². The van der Waals surface area contributed by atoms with Crippen molar-refractivity contribution in [1.82, 2.24) is 5.32 Å². The fourth-order valence-corrected chi connectivity index (χ4v) is 2.98. The molecule has 23 heavy (non-hydrogen) atoms. The van der Waals surface area contributed by atoms with Gasteiger partial charge in [0.25, 0.3) is 0 Å². The molecule has 1 heterocycles. The van der Waals surface area contributed by atoms with E-state index in [-0.39, 0.29) is 18.4 Å². The first-order valence-corrected chi connectivity index (χ1v) is 8.24. The molecule has 2 rings (SSSR count). The average Bonchev–Trinajstić information content (AvgIpc) is 2.53. The fourth-order valence-electron chi connectivity index (χ4n) is 2.98. The molecule has 0 unspecified atom stereocenters. The number of benzene rings is 1. The number of carboxylic acids is 1. The van der Waals surface area contributed by atoms with Crippen LogP contribution >= 0.6 is 0 Å². The number of aliphatic carboxylic acids is 1. The second kappa shape index (κ2) is 8.67. The van der Waals surface area contributed by atoms with Crippen LogP contribution in [0, 0.1) is 6.92 Å². The Morgan fingerprint density at radius 2 is 2.13 bits per heavy atom. The lowest BCUT2D eigenvalue weighted by Gasteiger charge is -2.23. The molecule has 0 bridgehead atoms. The van der Waals surface area contributed by atoms with Crippen molar-refractivity contribution in [2.75, 3.05) is 6.61 Å². The Bertz CT molecular complexity index is 538. The van der Waals surface area contributed by atoms with Gasteiger partial charge in [-0.3, -0.25) is 9.59 Å². The third-order valence-corrected chi connectivity index (χ3v) is 4.25. The Kier molecular flexibility index (Phi) is 6.59. The van der Waals surface area contributed by atoms with Crippen molar-refractivity contribution < 1.29 is 19.4 Å². The molecule has 1 fully saturated rings. The maximum absolute atomic E-state index is 12.2. The summed E-state index contributed by atoms with van der Waals surface area (Å²) in [5.74, 6) is -1.04. The summed E-state index contributed by atoms with van der Waals surface area (Å²) in [5.41, 5.74) is 1.84. The minimum atomic E-state index is -0.922. The molecule has 5 heteroatoms. The van der Waals surface area contributed by atoms with Crippen molar-refractivity contribution in [3.8, 4) is 0 Å². The number of aryl methyl sites for hydroxylation is 1. The van der Waals surface area contributed by atoms with Crippen molar-refractivity contribution in [3.63, 3.8) is 0 Å². The lowest BCUT2D eigenvalue weighted by atomic mass is 9.98. The fraction of sp³-hybridized carbons (Fsp3) is 0.556. The summed E-state index contributed by atoms with van der Waals surface area (Å²) >= 11 is 0. The number of carbonyl (C=O) groups is 2. The summed E-state index contributed by atoms with van der Waals surface area (Å²) in [6.07, 6.45) is 4.35. The molecule has 0 spiro atoms. The van der Waals surface area contributed by atoms with E-state index >= 15 is 0 Å². The van der Waals surface area contributed by atoms with Crippen molar-refractivity contribution in [2.45, 2.75) is 57.6 Å². The third kappa shape index (κ3) is 5.67. The van der Waals surface area contributed by atoms with Crippen molar-refractivity contribution in [3.05, 3.63) is 35.4 Å². The van der Waals surface area contributed by atoms with Crippen LogP contribution in [0.4, 0.5) is 0 Å². The van der Waals surface area contributed by atoms with Crippen LogP contribution in [0.3, 0.4) is 0 Å². The van der Waals surface area contributed by atoms with Crippen molar-refractivity contribution in [1.29, 1.82) is 0 Å². The van der Waals surface area contributed by atoms with Gasteiger partial charge < -0.3 is 15.2 Å². The van der Waals surface area contributed by atoms with Gasteiger partial charge in [-0.05, 0) is 43.7 Å². The number of rotatable bonds is 7. The number of carboxylic acid groups (broad SMARTS) is 1. The summed E-state index contributed by atoms with van der Waals surface area (Å²) in [6.45, 7) is 2.70. The highest BCUT2D eigenvalue weighted by atomic mass is 16.5. The van der Waals surface area contributed by atoms with Gasteiger partial charge in [0, 0.05) is 13.0 Å². The number of nitrogens with one attached hydrogen (secondary N) is 1. The molecule has 1 aromatic carbocycles. The van der Waals surface area contributed by atoms with E-state index in [4.69, 9.17) is 9.84 Å². The van der Waals surface area contributed by atoms with E-state index in [0.717, 1.165) is 37.0 Å². The zero-order valence-electron chi connectivity index (χ0n) is 13.6. The SMILES string of the molecule is Cc1ccccc1[C@H](CC(=O)O)NC(=O)CC[C@@H]1CCCCO1. The molecule has 1 aliphatic rings. The number of hydrogen-bond donors (Lipinski definition) is 2. The normalized spacial score (nSPS) is 19.1. The molecule has 0 radical (unpaired) electrons. The summed E-state index contributed by atoms with van der Waals surface area (Å²) in [4.78, 5) is 23.3. The topological polar surface area (TPSA) is 75.6 Å². The first-order valence-electron chi connectivity index (χ1n) is 8.24. The van der Waals surface area contributed by atoms with Crippen LogP contribution in [-0.2, 0) is 14.3 Å². The lowest BCUT2D eigenvalue weighted by Crippen LogP contribution is -2.31. The van der Waals surface area contributed by atoms with Gasteiger partial charge in [0.1, 0.15) is 0 Å². The van der Waals surface area contributed by atoms with Crippen molar-refractivity contribution in [2.24, 2.45) is 0 Å². The molecule has 1 saturated heterocycles. The third-order valence-electron chi connectivity index (χ3n) is 4.25. The molecule has 1 aromatic rings. The highest BCUT2D eigenvalue weighted by Crippen LogP contribution is 2.22. The smallest absolute Gasteiger partial charge is 0.305 e. The predicted octanol–water partition coefficient (Wildman–Crippen LogP) is 2.98. The standard InChI is InChI=1S/C18H25NO4/c1-13-6-2-3-8-15(13)16(12-18(21)22)19-17(20)10-9-14-7-4-5-11-23-14/h2-3,6,8,14,16H,4-5,7,9-12H2,1H3,(H,19,20)(H,21,22)/t14-,16-/m0/s1. The lowest BCUT2D eigenvalue weighted by molar-refractivity contribution is -0.137. The summed E-state index contributed by atoms with van der Waals surface area (Å²) in [5, 5.41) is 12.0. The molecule has 5 nitrogen and oxygen atoms in total. The molecule has 2 atom stereocenters. The minimum Gasteiger partial charge on any atom is -0.481 e. The van der Waals surface area contributed by atoms with Crippen LogP contribution in [-0.4, -0.2) is 29.7 Å². The zero-order chi connectivity index (χ0) is 16.7. The molecule has 1 aliphatic heterocycles. The summed E-state index contributed by atoms with van der Waals surface area (Å²) < 4.78 is 5.63. The highest BCUT2D eigenvalue weighted by Gasteiger charge is 2.21. The van der Waals surface area contributed by atoms with E-state index in [9.17, 15) is 9.59 Å². The number of ether oxygens (including phenoxy) is 1. The van der Waals surface area contributed by atoms with E-state index in [0.29, 0.717) is 12.8 Å². The minimum absolute atomic E-state index is 0.115. The van der Waals surface area contributed by atoms with Crippen LogP contribution in [0.25, 0.3) is 0 Å². The van der Waals surface area contributed by atoms with Crippen molar-refractivity contribution >= 4 is 11.9 Å². The van der Waals surface area contributed by atoms with Crippen LogP contribution in [0.2, 0.25) is 0 Å². The van der Waals surface area contributed by atoms with Gasteiger partial charge in [0.15, 0.2) is 0 Å². The van der Waals surface area contributed by atoms with Crippen LogP contribution in [0.15, 0.2) is 24.3 Å². The second-order valence-electron chi connectivity index (χ2n) is 6.10. The maximum atomic E-state index is 12.2. The molecule has 0 aliphatic carbocycles. The van der Waals surface area contributed by atoms with Gasteiger partial charge in [-0.15, -0.1) is 0 Å². The number of amides is 1. The quantitative estimate of drug-likeness (QED) is 0.810. The summed E-state index contributed by atoms with van der Waals surface area (Å²) in [7, 11) is 0. The maximum Gasteiger partial charge on any atom is 0.305 e. The van der Waals surface area contributed by atoms with E-state index in [1.54, 1.807) is 0 Å². The van der Waals surface area contributed by atoms with Gasteiger partial charge in [-0.25, -0.2) is 0 Å². The first-order chi connectivity index (χ1) is 11.1. The largest absolute Gasteiger partial charge is 0.481 e. The molecular formula is C18H25NO4. The van der Waals surface area contributed by atoms with Gasteiger partial charge in [-0.2, -0.15) is 0 Å². The Balaban J connectivity index is 1.93. The van der Waals surface area contributed by atoms with Gasteiger partial charge in [-0.1, -0.05) is 24.3 Å². The van der Waals surface area contributed by atoms with E-state index in [1.165, 1.54) is 0 Å². The molecule has 0 aromatic heterocycles. The first kappa shape index (κ1) is 17.5. The molecule has 0 saturated carbocycles. The van der Waals surface area contributed by atoms with Crippen LogP contribution in [0.1, 0.15) is 55.7 Å². The number of carbonyl (C=O) groups excluding carboxylic acids is 1. The Morgan fingerprint density at radius 1 is 1.35 bits per heavy atom. The van der Waals surface area contributed by atoms with Crippen LogP contribution < -0.4 is 5.32 Å². The molecule has 2 N–H and O–H groups in total. The number of hydrogen-bond acceptors (Lipinski definition) is 3. The van der Waals surface area contributed by atoms with E-state index < -0.39 is 12.0 Å². The second-order valence-corrected chi connectivity index (χ2v) is 6.10. The van der Waals surface area contributed by atoms with E-state index in [2.05, 4.69) is 5.32 Å². The summed E-state index contributed by atoms with van der Waals surface area (Å²) in [6, 6.07) is 7.06. The average molecular weight is 319 g/mol. The predicted molar refractivity (Wildman–Crippen MR) is 87.1 cm³/mol. The zero-order valence-corrected chi connectivity index (χ0v) is 13.6. The Labute approximate surface area is 137 Å².